The molecule has 1 aromatic heterocycles. The van der Waals surface area contributed by atoms with Crippen LogP contribution in [0.5, 0.6) is 5.75 Å². The fourth-order valence-electron chi connectivity index (χ4n) is 2.91. The lowest BCUT2D eigenvalue weighted by Crippen LogP contribution is -2.26. The van der Waals surface area contributed by atoms with Crippen molar-refractivity contribution < 1.29 is 15.0 Å². The van der Waals surface area contributed by atoms with Gasteiger partial charge in [0.05, 0.1) is 16.3 Å². The minimum atomic E-state index is -1.25. The third-order valence-corrected chi connectivity index (χ3v) is 4.46. The zero-order chi connectivity index (χ0) is 20.6. The van der Waals surface area contributed by atoms with Crippen molar-refractivity contribution in [1.82, 2.24) is 20.2 Å². The molecule has 3 rings (SSSR count). The van der Waals surface area contributed by atoms with Crippen molar-refractivity contribution in [2.45, 2.75) is 6.92 Å². The largest absolute Gasteiger partial charge is 0.507 e. The fourth-order valence-corrected chi connectivity index (χ4v) is 2.91. The first kappa shape index (κ1) is 19.3. The second-order valence-electron chi connectivity index (χ2n) is 6.72. The highest BCUT2D eigenvalue weighted by atomic mass is 16.4. The predicted octanol–water partition coefficient (Wildman–Crippen LogP) is -0.243. The summed E-state index contributed by atoms with van der Waals surface area (Å²) in [6, 6.07) is 2.29. The Hall–Kier alpha value is -3.46. The number of H-pyrrole nitrogens is 1. The molecular formula is C19H20N4O5. The SMILES string of the molecule is Cc1c(O)c(=CNCCN(C)C)c2nc3c(=O)ccc(C(=O)O)c3[nH]c2c1=O. The quantitative estimate of drug-likeness (QED) is 0.350. The van der Waals surface area contributed by atoms with Gasteiger partial charge in [0.15, 0.2) is 0 Å². The van der Waals surface area contributed by atoms with Crippen LogP contribution < -0.4 is 21.4 Å². The second-order valence-corrected chi connectivity index (χ2v) is 6.72. The molecule has 4 N–H and O–H groups in total. The number of rotatable bonds is 5. The van der Waals surface area contributed by atoms with Gasteiger partial charge in [0.25, 0.3) is 0 Å². The van der Waals surface area contributed by atoms with Gasteiger partial charge in [-0.15, -0.1) is 0 Å². The van der Waals surface area contributed by atoms with Gasteiger partial charge in [0.1, 0.15) is 22.3 Å². The van der Waals surface area contributed by atoms with Gasteiger partial charge in [-0.25, -0.2) is 9.78 Å². The zero-order valence-electron chi connectivity index (χ0n) is 15.7. The molecule has 0 saturated carbocycles. The van der Waals surface area contributed by atoms with E-state index in [1.54, 1.807) is 0 Å². The van der Waals surface area contributed by atoms with Gasteiger partial charge < -0.3 is 25.4 Å². The van der Waals surface area contributed by atoms with Gasteiger partial charge in [0.2, 0.25) is 10.9 Å². The van der Waals surface area contributed by atoms with E-state index in [-0.39, 0.29) is 44.2 Å². The van der Waals surface area contributed by atoms with E-state index in [9.17, 15) is 24.6 Å². The number of benzene rings is 2. The van der Waals surface area contributed by atoms with Crippen LogP contribution in [0.15, 0.2) is 21.7 Å². The van der Waals surface area contributed by atoms with E-state index in [0.717, 1.165) is 12.6 Å². The summed E-state index contributed by atoms with van der Waals surface area (Å²) in [5.74, 6) is -1.49. The van der Waals surface area contributed by atoms with E-state index in [1.807, 2.05) is 19.0 Å². The Bertz CT molecular complexity index is 1260. The molecule has 3 aromatic rings. The number of aromatic carboxylic acids is 1. The van der Waals surface area contributed by atoms with Crippen molar-refractivity contribution >= 4 is 34.2 Å². The van der Waals surface area contributed by atoms with E-state index < -0.39 is 16.8 Å². The molecule has 0 bridgehead atoms. The van der Waals surface area contributed by atoms with Crippen molar-refractivity contribution in [2.24, 2.45) is 0 Å². The van der Waals surface area contributed by atoms with Gasteiger partial charge in [-0.1, -0.05) is 0 Å². The molecule has 0 amide bonds. The monoisotopic (exact) mass is 384 g/mol. The van der Waals surface area contributed by atoms with Crippen molar-refractivity contribution in [3.05, 3.63) is 48.9 Å². The summed E-state index contributed by atoms with van der Waals surface area (Å²) in [6.45, 7) is 2.79. The molecule has 0 fully saturated rings. The summed E-state index contributed by atoms with van der Waals surface area (Å²) < 4.78 is 0. The summed E-state index contributed by atoms with van der Waals surface area (Å²) in [4.78, 5) is 45.3. The Balaban J connectivity index is 2.38. The van der Waals surface area contributed by atoms with Crippen LogP contribution >= 0.6 is 0 Å². The number of aromatic hydroxyl groups is 1. The Morgan fingerprint density at radius 3 is 2.61 bits per heavy atom. The zero-order valence-corrected chi connectivity index (χ0v) is 15.7. The van der Waals surface area contributed by atoms with E-state index in [2.05, 4.69) is 15.3 Å². The van der Waals surface area contributed by atoms with Crippen LogP contribution in [0.2, 0.25) is 0 Å². The maximum atomic E-state index is 12.6. The van der Waals surface area contributed by atoms with E-state index in [0.29, 0.717) is 6.54 Å². The Morgan fingerprint density at radius 2 is 1.96 bits per heavy atom. The molecule has 146 valence electrons. The smallest absolute Gasteiger partial charge is 0.337 e. The lowest BCUT2D eigenvalue weighted by atomic mass is 10.1. The number of carboxylic acids is 1. The number of phenolic OH excluding ortho intramolecular Hbond substituents is 1. The van der Waals surface area contributed by atoms with Gasteiger partial charge in [-0.3, -0.25) is 9.59 Å². The van der Waals surface area contributed by atoms with Crippen molar-refractivity contribution in [3.8, 4) is 5.75 Å². The second kappa shape index (κ2) is 7.28. The topological polar surface area (TPSA) is 136 Å². The van der Waals surface area contributed by atoms with Crippen molar-refractivity contribution in [3.63, 3.8) is 0 Å². The summed E-state index contributed by atoms with van der Waals surface area (Å²) in [6.07, 6.45) is 1.53. The van der Waals surface area contributed by atoms with Crippen LogP contribution in [0.3, 0.4) is 0 Å². The lowest BCUT2D eigenvalue weighted by molar-refractivity contribution is 0.0699. The summed E-state index contributed by atoms with van der Waals surface area (Å²) in [5.41, 5.74) is -1.09. The number of carbonyl (C=O) groups is 1. The molecule has 0 aliphatic heterocycles. The highest BCUT2D eigenvalue weighted by Crippen LogP contribution is 2.17. The Kier molecular flexibility index (Phi) is 5.02. The number of carboxylic acid groups (broad SMARTS) is 1. The maximum Gasteiger partial charge on any atom is 0.337 e. The van der Waals surface area contributed by atoms with Crippen LogP contribution in [0.25, 0.3) is 28.3 Å². The number of likely N-dealkylation sites (N-methyl/N-ethyl adjacent to an activating group) is 1. The van der Waals surface area contributed by atoms with Crippen LogP contribution in [0.1, 0.15) is 15.9 Å². The highest BCUT2D eigenvalue weighted by Gasteiger charge is 2.17. The average Bonchev–Trinajstić information content (AvgIpc) is 2.64. The van der Waals surface area contributed by atoms with E-state index >= 15 is 0 Å². The van der Waals surface area contributed by atoms with Gasteiger partial charge in [-0.2, -0.15) is 0 Å². The van der Waals surface area contributed by atoms with Crippen LogP contribution in [-0.4, -0.2) is 58.2 Å². The van der Waals surface area contributed by atoms with Gasteiger partial charge in [0, 0.05) is 24.9 Å². The molecule has 1 heterocycles. The summed E-state index contributed by atoms with van der Waals surface area (Å²) >= 11 is 0. The molecule has 28 heavy (non-hydrogen) atoms. The molecule has 0 unspecified atom stereocenters. The molecular weight excluding hydrogens is 364 g/mol. The molecule has 0 atom stereocenters. The Morgan fingerprint density at radius 1 is 1.25 bits per heavy atom. The highest BCUT2D eigenvalue weighted by molar-refractivity contribution is 6.02. The molecule has 0 aliphatic rings. The number of phenols is 1. The number of aromatic nitrogens is 2. The third-order valence-electron chi connectivity index (χ3n) is 4.46. The first-order valence-electron chi connectivity index (χ1n) is 8.56. The lowest BCUT2D eigenvalue weighted by Gasteiger charge is -2.10. The van der Waals surface area contributed by atoms with Crippen molar-refractivity contribution in [2.75, 3.05) is 27.2 Å². The molecule has 0 aliphatic carbocycles. The first-order chi connectivity index (χ1) is 13.2. The minimum Gasteiger partial charge on any atom is -0.507 e. The number of fused-ring (bicyclic) bond motifs is 2. The summed E-state index contributed by atoms with van der Waals surface area (Å²) in [5, 5.41) is 23.1. The molecule has 0 radical (unpaired) electrons. The molecule has 0 saturated heterocycles. The van der Waals surface area contributed by atoms with Gasteiger partial charge in [-0.05, 0) is 33.2 Å². The number of hydrogen-bond donors (Lipinski definition) is 4. The number of nitrogens with one attached hydrogen (secondary N) is 2. The van der Waals surface area contributed by atoms with E-state index in [4.69, 9.17) is 0 Å². The van der Waals surface area contributed by atoms with E-state index in [1.165, 1.54) is 19.2 Å². The van der Waals surface area contributed by atoms with Gasteiger partial charge >= 0.3 is 5.97 Å². The average molecular weight is 384 g/mol. The standard InChI is InChI=1S/C19H20N4O5/c1-9-17(25)11(8-20-6-7-23(2)3)14-16(18(9)26)22-13-10(19(27)28)4-5-12(24)15(13)21-14/h4-5,8,20,22,25H,6-7H2,1-3H3,(H,27,28). The third kappa shape index (κ3) is 3.27. The van der Waals surface area contributed by atoms with Crippen LogP contribution in [0, 0.1) is 6.92 Å². The first-order valence-corrected chi connectivity index (χ1v) is 8.56. The van der Waals surface area contributed by atoms with Crippen LogP contribution in [0.4, 0.5) is 0 Å². The normalized spacial score (nSPS) is 12.2. The minimum absolute atomic E-state index is 0.0246. The molecule has 9 heteroatoms. The summed E-state index contributed by atoms with van der Waals surface area (Å²) in [7, 11) is 3.84. The Labute approximate surface area is 158 Å². The van der Waals surface area contributed by atoms with Crippen molar-refractivity contribution in [1.29, 1.82) is 0 Å². The molecule has 2 aromatic carbocycles. The number of hydrogen-bond acceptors (Lipinski definition) is 7. The fraction of sp³-hybridized carbons (Fsp3) is 0.263. The molecule has 9 nitrogen and oxygen atoms in total. The maximum absolute atomic E-state index is 12.6. The number of aromatic amines is 1. The molecule has 0 spiro atoms. The number of nitrogens with zero attached hydrogens (tertiary/aromatic N) is 2. The van der Waals surface area contributed by atoms with Crippen LogP contribution in [-0.2, 0) is 0 Å². The predicted molar refractivity (Wildman–Crippen MR) is 106 cm³/mol.